The Kier molecular flexibility index (Phi) is 8.84. The SMILES string of the molecule is Cc1cccc(Cl)c1-c1nc(CN2CCC(C(=O)CCCCN3CCCC(C)C3)CC2)c(C)o1. The first-order valence-corrected chi connectivity index (χ1v) is 13.5. The van der Waals surface area contributed by atoms with Gasteiger partial charge in [0, 0.05) is 25.4 Å². The third kappa shape index (κ3) is 6.50. The van der Waals surface area contributed by atoms with Crippen molar-refractivity contribution in [2.75, 3.05) is 32.7 Å². The number of hydrogen-bond donors (Lipinski definition) is 0. The molecule has 0 N–H and O–H groups in total. The summed E-state index contributed by atoms with van der Waals surface area (Å²) in [6.07, 6.45) is 7.53. The highest BCUT2D eigenvalue weighted by Crippen LogP contribution is 2.32. The molecule has 2 fully saturated rings. The number of oxazole rings is 1. The van der Waals surface area contributed by atoms with Gasteiger partial charge in [0.1, 0.15) is 11.5 Å². The van der Waals surface area contributed by atoms with Crippen molar-refractivity contribution in [2.24, 2.45) is 11.8 Å². The standard InChI is InChI=1S/C28H40ClN3O2/c1-20-8-7-15-31(18-20)14-5-4-11-26(33)23-12-16-32(17-13-23)19-25-22(3)34-28(30-25)27-21(2)9-6-10-24(27)29/h6,9-10,20,23H,4-5,7-8,11-19H2,1-3H3. The number of likely N-dealkylation sites (tertiary alicyclic amines) is 2. The van der Waals surface area contributed by atoms with Gasteiger partial charge in [-0.2, -0.15) is 0 Å². The van der Waals surface area contributed by atoms with Gasteiger partial charge in [-0.05, 0) is 96.1 Å². The molecular formula is C28H40ClN3O2. The smallest absolute Gasteiger partial charge is 0.228 e. The Labute approximate surface area is 209 Å². The highest BCUT2D eigenvalue weighted by Gasteiger charge is 2.26. The number of halogens is 1. The number of carbonyl (C=O) groups is 1. The topological polar surface area (TPSA) is 49.6 Å². The molecule has 0 aliphatic carbocycles. The van der Waals surface area contributed by atoms with Crippen LogP contribution in [0.2, 0.25) is 5.02 Å². The van der Waals surface area contributed by atoms with Crippen molar-refractivity contribution in [3.05, 3.63) is 40.2 Å². The summed E-state index contributed by atoms with van der Waals surface area (Å²) in [7, 11) is 0. The van der Waals surface area contributed by atoms with Gasteiger partial charge in [-0.15, -0.1) is 0 Å². The van der Waals surface area contributed by atoms with E-state index in [9.17, 15) is 4.79 Å². The van der Waals surface area contributed by atoms with Crippen molar-refractivity contribution in [3.63, 3.8) is 0 Å². The first kappa shape index (κ1) is 25.4. The average Bonchev–Trinajstić information content (AvgIpc) is 3.16. The molecule has 2 saturated heterocycles. The van der Waals surface area contributed by atoms with E-state index in [1.807, 2.05) is 32.0 Å². The van der Waals surface area contributed by atoms with Crippen LogP contribution < -0.4 is 0 Å². The minimum absolute atomic E-state index is 0.228. The van der Waals surface area contributed by atoms with Crippen molar-refractivity contribution >= 4 is 17.4 Å². The largest absolute Gasteiger partial charge is 0.441 e. The maximum Gasteiger partial charge on any atom is 0.228 e. The van der Waals surface area contributed by atoms with Gasteiger partial charge in [0.15, 0.2) is 0 Å². The van der Waals surface area contributed by atoms with E-state index in [4.69, 9.17) is 21.0 Å². The molecule has 1 unspecified atom stereocenters. The van der Waals surface area contributed by atoms with Crippen LogP contribution >= 0.6 is 11.6 Å². The molecule has 2 aliphatic rings. The Bertz CT molecular complexity index is 944. The van der Waals surface area contributed by atoms with Crippen LogP contribution in [0.4, 0.5) is 0 Å². The zero-order valence-electron chi connectivity index (χ0n) is 21.1. The second-order valence-electron chi connectivity index (χ2n) is 10.5. The molecule has 6 heteroatoms. The lowest BCUT2D eigenvalue weighted by atomic mass is 9.90. The van der Waals surface area contributed by atoms with Gasteiger partial charge in [0.2, 0.25) is 5.89 Å². The fraction of sp³-hybridized carbons (Fsp3) is 0.643. The minimum atomic E-state index is 0.228. The van der Waals surface area contributed by atoms with Gasteiger partial charge < -0.3 is 9.32 Å². The van der Waals surface area contributed by atoms with E-state index < -0.39 is 0 Å². The van der Waals surface area contributed by atoms with E-state index in [2.05, 4.69) is 16.7 Å². The zero-order chi connectivity index (χ0) is 24.1. The molecule has 1 aromatic carbocycles. The second-order valence-corrected chi connectivity index (χ2v) is 10.9. The lowest BCUT2D eigenvalue weighted by Gasteiger charge is -2.31. The van der Waals surface area contributed by atoms with E-state index in [-0.39, 0.29) is 5.92 Å². The fourth-order valence-corrected chi connectivity index (χ4v) is 5.84. The molecule has 0 bridgehead atoms. The summed E-state index contributed by atoms with van der Waals surface area (Å²) in [4.78, 5) is 22.5. The summed E-state index contributed by atoms with van der Waals surface area (Å²) < 4.78 is 5.99. The van der Waals surface area contributed by atoms with Gasteiger partial charge in [-0.3, -0.25) is 9.69 Å². The van der Waals surface area contributed by atoms with E-state index >= 15 is 0 Å². The van der Waals surface area contributed by atoms with Gasteiger partial charge in [-0.25, -0.2) is 4.98 Å². The third-order valence-electron chi connectivity index (χ3n) is 7.63. The first-order valence-electron chi connectivity index (χ1n) is 13.1. The van der Waals surface area contributed by atoms with Gasteiger partial charge in [0.25, 0.3) is 0 Å². The average molecular weight is 486 g/mol. The molecule has 5 nitrogen and oxygen atoms in total. The molecule has 0 saturated carbocycles. The summed E-state index contributed by atoms with van der Waals surface area (Å²) in [5, 5.41) is 0.664. The second kappa shape index (κ2) is 11.8. The number of piperidine rings is 2. The summed E-state index contributed by atoms with van der Waals surface area (Å²) in [6.45, 7) is 12.6. The maximum absolute atomic E-state index is 12.8. The number of nitrogens with zero attached hydrogens (tertiary/aromatic N) is 3. The Morgan fingerprint density at radius 3 is 2.65 bits per heavy atom. The molecule has 186 valence electrons. The maximum atomic E-state index is 12.8. The molecule has 0 spiro atoms. The molecule has 3 heterocycles. The Hall–Kier alpha value is -1.69. The van der Waals surface area contributed by atoms with Crippen LogP contribution in [0.3, 0.4) is 0 Å². The first-order chi connectivity index (χ1) is 16.4. The number of aryl methyl sites for hydroxylation is 2. The van der Waals surface area contributed by atoms with E-state index in [0.29, 0.717) is 16.7 Å². The number of benzene rings is 1. The summed E-state index contributed by atoms with van der Waals surface area (Å²) in [5.74, 6) is 2.97. The van der Waals surface area contributed by atoms with E-state index in [1.54, 1.807) is 0 Å². The summed E-state index contributed by atoms with van der Waals surface area (Å²) >= 11 is 6.41. The van der Waals surface area contributed by atoms with Gasteiger partial charge >= 0.3 is 0 Å². The summed E-state index contributed by atoms with van der Waals surface area (Å²) in [5.41, 5.74) is 2.90. The third-order valence-corrected chi connectivity index (χ3v) is 7.95. The number of rotatable bonds is 9. The normalized spacial score (nSPS) is 20.6. The molecule has 34 heavy (non-hydrogen) atoms. The molecule has 2 aromatic rings. The van der Waals surface area contributed by atoms with Crippen molar-refractivity contribution in [3.8, 4) is 11.5 Å². The summed E-state index contributed by atoms with van der Waals surface area (Å²) in [6, 6.07) is 5.84. The van der Waals surface area contributed by atoms with Crippen LogP contribution in [-0.2, 0) is 11.3 Å². The molecule has 1 atom stereocenters. The van der Waals surface area contributed by atoms with E-state index in [0.717, 1.165) is 86.8 Å². The Morgan fingerprint density at radius 2 is 1.91 bits per heavy atom. The monoisotopic (exact) mass is 485 g/mol. The number of carbonyl (C=O) groups excluding carboxylic acids is 1. The molecule has 0 amide bonds. The van der Waals surface area contributed by atoms with Crippen LogP contribution in [0.15, 0.2) is 22.6 Å². The van der Waals surface area contributed by atoms with Crippen molar-refractivity contribution in [2.45, 2.75) is 72.3 Å². The van der Waals surface area contributed by atoms with Gasteiger partial charge in [0.05, 0.1) is 16.3 Å². The van der Waals surface area contributed by atoms with Crippen LogP contribution in [0.5, 0.6) is 0 Å². The van der Waals surface area contributed by atoms with E-state index in [1.165, 1.54) is 25.9 Å². The number of unbranched alkanes of at least 4 members (excludes halogenated alkanes) is 1. The van der Waals surface area contributed by atoms with Crippen LogP contribution in [0.25, 0.3) is 11.5 Å². The molecule has 0 radical (unpaired) electrons. The fourth-order valence-electron chi connectivity index (χ4n) is 5.54. The van der Waals surface area contributed by atoms with Crippen molar-refractivity contribution < 1.29 is 9.21 Å². The quantitative estimate of drug-likeness (QED) is 0.390. The molecule has 2 aliphatic heterocycles. The number of ketones is 1. The number of aromatic nitrogens is 1. The van der Waals surface area contributed by atoms with Crippen molar-refractivity contribution in [1.82, 2.24) is 14.8 Å². The predicted molar refractivity (Wildman–Crippen MR) is 138 cm³/mol. The number of Topliss-reactive ketones (excluding diaryl/α,β-unsaturated/α-hetero) is 1. The highest BCUT2D eigenvalue weighted by molar-refractivity contribution is 6.33. The zero-order valence-corrected chi connectivity index (χ0v) is 21.9. The predicted octanol–water partition coefficient (Wildman–Crippen LogP) is 6.30. The van der Waals surface area contributed by atoms with Gasteiger partial charge in [-0.1, -0.05) is 30.7 Å². The Morgan fingerprint density at radius 1 is 1.12 bits per heavy atom. The highest BCUT2D eigenvalue weighted by atomic mass is 35.5. The van der Waals surface area contributed by atoms with Crippen molar-refractivity contribution in [1.29, 1.82) is 0 Å². The van der Waals surface area contributed by atoms with Crippen LogP contribution in [0, 0.1) is 25.7 Å². The lowest BCUT2D eigenvalue weighted by Crippen LogP contribution is -2.36. The minimum Gasteiger partial charge on any atom is -0.441 e. The number of hydrogen-bond acceptors (Lipinski definition) is 5. The Balaban J connectivity index is 1.21. The molecule has 1 aromatic heterocycles. The van der Waals surface area contributed by atoms with Crippen LogP contribution in [0.1, 0.15) is 68.9 Å². The molecular weight excluding hydrogens is 446 g/mol. The lowest BCUT2D eigenvalue weighted by molar-refractivity contribution is -0.124. The van der Waals surface area contributed by atoms with Crippen LogP contribution in [-0.4, -0.2) is 53.3 Å². The molecule has 4 rings (SSSR count).